The Morgan fingerprint density at radius 2 is 1.89 bits per heavy atom. The van der Waals surface area contributed by atoms with E-state index in [0.717, 1.165) is 5.56 Å². The minimum atomic E-state index is -0.471. The first-order valence-electron chi connectivity index (χ1n) is 8.67. The Kier molecular flexibility index (Phi) is 5.66. The van der Waals surface area contributed by atoms with Crippen molar-refractivity contribution in [2.24, 2.45) is 5.10 Å². The molecule has 1 aromatic heterocycles. The van der Waals surface area contributed by atoms with E-state index in [1.165, 1.54) is 4.68 Å². The van der Waals surface area contributed by atoms with Crippen LogP contribution >= 0.6 is 11.6 Å². The largest absolute Gasteiger partial charge is 0.292 e. The van der Waals surface area contributed by atoms with Crippen molar-refractivity contribution in [3.8, 4) is 0 Å². The number of carbonyl (C=O) groups is 1. The van der Waals surface area contributed by atoms with E-state index in [2.05, 4.69) is 15.6 Å². The number of nitrogens with zero attached hydrogens (tertiary/aromatic N) is 3. The van der Waals surface area contributed by atoms with Gasteiger partial charge in [-0.15, -0.1) is 0 Å². The van der Waals surface area contributed by atoms with Crippen molar-refractivity contribution >= 4 is 34.0 Å². The number of rotatable bonds is 5. The maximum absolute atomic E-state index is 12.7. The van der Waals surface area contributed by atoms with Crippen LogP contribution in [0.2, 0.25) is 5.02 Å². The molecule has 0 aliphatic rings. The third kappa shape index (κ3) is 3.90. The molecular weight excluding hydrogens is 364 g/mol. The average molecular weight is 383 g/mol. The Balaban J connectivity index is 1.99. The summed E-state index contributed by atoms with van der Waals surface area (Å²) in [6.07, 6.45) is 0.614. The molecule has 1 heterocycles. The van der Waals surface area contributed by atoms with Crippen LogP contribution in [0.5, 0.6) is 0 Å². The van der Waals surface area contributed by atoms with E-state index in [1.54, 1.807) is 43.3 Å². The molecular formula is C20H19ClN4O2. The van der Waals surface area contributed by atoms with Crippen LogP contribution in [0.1, 0.15) is 36.3 Å². The molecule has 0 aliphatic carbocycles. The van der Waals surface area contributed by atoms with E-state index >= 15 is 0 Å². The molecule has 0 aliphatic heterocycles. The van der Waals surface area contributed by atoms with E-state index in [4.69, 9.17) is 11.6 Å². The lowest BCUT2D eigenvalue weighted by Crippen LogP contribution is -2.29. The second-order valence-electron chi connectivity index (χ2n) is 5.88. The van der Waals surface area contributed by atoms with E-state index in [0.29, 0.717) is 34.5 Å². The lowest BCUT2D eigenvalue weighted by molar-refractivity contribution is 0.0949. The van der Waals surface area contributed by atoms with E-state index < -0.39 is 5.91 Å². The summed E-state index contributed by atoms with van der Waals surface area (Å²) in [6, 6.07) is 14.2. The highest BCUT2D eigenvalue weighted by Gasteiger charge is 2.16. The first kappa shape index (κ1) is 18.8. The zero-order valence-corrected chi connectivity index (χ0v) is 15.8. The van der Waals surface area contributed by atoms with Gasteiger partial charge >= 0.3 is 0 Å². The maximum atomic E-state index is 12.7. The Bertz CT molecular complexity index is 1090. The van der Waals surface area contributed by atoms with Gasteiger partial charge in [0.05, 0.1) is 11.1 Å². The van der Waals surface area contributed by atoms with Gasteiger partial charge in [0, 0.05) is 17.0 Å². The number of hydrogen-bond acceptors (Lipinski definition) is 4. The lowest BCUT2D eigenvalue weighted by atomic mass is 10.1. The molecule has 6 nitrogen and oxygen atoms in total. The quantitative estimate of drug-likeness (QED) is 0.541. The maximum Gasteiger partial charge on any atom is 0.292 e. The third-order valence-electron chi connectivity index (χ3n) is 4.17. The summed E-state index contributed by atoms with van der Waals surface area (Å²) < 4.78 is 1.28. The highest BCUT2D eigenvalue weighted by atomic mass is 35.5. The number of benzene rings is 2. The van der Waals surface area contributed by atoms with Crippen molar-refractivity contribution in [1.29, 1.82) is 0 Å². The standard InChI is InChI=1S/C20H19ClN4O2/c1-3-17(13-8-7-9-14(21)12-13)22-23-19(26)18-15-10-5-6-11-16(15)20(27)25(4-2)24-18/h5-12H,3-4H2,1-2H3,(H,23,26)/b22-17+. The van der Waals surface area contributed by atoms with Gasteiger partial charge in [-0.05, 0) is 37.1 Å². The number of aromatic nitrogens is 2. The van der Waals surface area contributed by atoms with Gasteiger partial charge in [-0.2, -0.15) is 10.2 Å². The number of nitrogens with one attached hydrogen (secondary N) is 1. The number of hydrazone groups is 1. The molecule has 0 radical (unpaired) electrons. The number of hydrogen-bond donors (Lipinski definition) is 1. The highest BCUT2D eigenvalue weighted by molar-refractivity contribution is 6.31. The summed E-state index contributed by atoms with van der Waals surface area (Å²) in [5.74, 6) is -0.471. The molecule has 3 aromatic rings. The first-order chi connectivity index (χ1) is 13.0. The molecule has 7 heteroatoms. The van der Waals surface area contributed by atoms with Crippen LogP contribution in [0.3, 0.4) is 0 Å². The van der Waals surface area contributed by atoms with Gasteiger partial charge in [0.1, 0.15) is 0 Å². The minimum Gasteiger partial charge on any atom is -0.267 e. The average Bonchev–Trinajstić information content (AvgIpc) is 2.69. The number of aryl methyl sites for hydroxylation is 1. The fourth-order valence-electron chi connectivity index (χ4n) is 2.80. The Morgan fingerprint density at radius 3 is 2.56 bits per heavy atom. The fourth-order valence-corrected chi connectivity index (χ4v) is 2.99. The van der Waals surface area contributed by atoms with Gasteiger partial charge < -0.3 is 0 Å². The molecule has 0 bridgehead atoms. The van der Waals surface area contributed by atoms with Crippen molar-refractivity contribution in [2.75, 3.05) is 0 Å². The van der Waals surface area contributed by atoms with Gasteiger partial charge in [0.2, 0.25) is 0 Å². The number of carbonyl (C=O) groups excluding carboxylic acids is 1. The van der Waals surface area contributed by atoms with Crippen LogP contribution in [0.15, 0.2) is 58.4 Å². The van der Waals surface area contributed by atoms with Gasteiger partial charge in [-0.1, -0.05) is 48.9 Å². The molecule has 2 aromatic carbocycles. The number of amides is 1. The second-order valence-corrected chi connectivity index (χ2v) is 6.31. The molecule has 0 fully saturated rings. The van der Waals surface area contributed by atoms with Crippen molar-refractivity contribution in [3.05, 3.63) is 75.2 Å². The molecule has 0 saturated heterocycles. The molecule has 27 heavy (non-hydrogen) atoms. The van der Waals surface area contributed by atoms with E-state index in [-0.39, 0.29) is 11.3 Å². The smallest absolute Gasteiger partial charge is 0.267 e. The van der Waals surface area contributed by atoms with Crippen LogP contribution in [-0.4, -0.2) is 21.4 Å². The number of fused-ring (bicyclic) bond motifs is 1. The van der Waals surface area contributed by atoms with Crippen LogP contribution in [0.4, 0.5) is 0 Å². The monoisotopic (exact) mass is 382 g/mol. The van der Waals surface area contributed by atoms with E-state index in [9.17, 15) is 9.59 Å². The van der Waals surface area contributed by atoms with Gasteiger partial charge in [-0.25, -0.2) is 10.1 Å². The molecule has 1 N–H and O–H groups in total. The molecule has 0 saturated carbocycles. The summed E-state index contributed by atoms with van der Waals surface area (Å²) in [5, 5.41) is 10.0. The van der Waals surface area contributed by atoms with Crippen LogP contribution < -0.4 is 11.0 Å². The highest BCUT2D eigenvalue weighted by Crippen LogP contribution is 2.14. The Labute approximate surface area is 161 Å². The van der Waals surface area contributed by atoms with Gasteiger partial charge in [0.15, 0.2) is 5.69 Å². The normalized spacial score (nSPS) is 11.6. The molecule has 1 amide bonds. The lowest BCUT2D eigenvalue weighted by Gasteiger charge is -2.09. The van der Waals surface area contributed by atoms with Gasteiger partial charge in [0.25, 0.3) is 11.5 Å². The predicted molar refractivity (Wildman–Crippen MR) is 107 cm³/mol. The third-order valence-corrected chi connectivity index (χ3v) is 4.40. The van der Waals surface area contributed by atoms with Crippen LogP contribution in [-0.2, 0) is 6.54 Å². The summed E-state index contributed by atoms with van der Waals surface area (Å²) in [7, 11) is 0. The molecule has 0 atom stereocenters. The Hall–Kier alpha value is -2.99. The van der Waals surface area contributed by atoms with Crippen LogP contribution in [0, 0.1) is 0 Å². The topological polar surface area (TPSA) is 76.3 Å². The predicted octanol–water partition coefficient (Wildman–Crippen LogP) is 3.61. The molecule has 3 rings (SSSR count). The first-order valence-corrected chi connectivity index (χ1v) is 9.05. The SMILES string of the molecule is CC/C(=N\NC(=O)c1nn(CC)c(=O)c2ccccc12)c1cccc(Cl)c1. The summed E-state index contributed by atoms with van der Waals surface area (Å²) in [6.45, 7) is 4.12. The molecule has 0 spiro atoms. The minimum absolute atomic E-state index is 0.164. The molecule has 138 valence electrons. The molecule has 0 unspecified atom stereocenters. The van der Waals surface area contributed by atoms with Crippen molar-refractivity contribution in [2.45, 2.75) is 26.8 Å². The van der Waals surface area contributed by atoms with Crippen molar-refractivity contribution < 1.29 is 4.79 Å². The Morgan fingerprint density at radius 1 is 1.15 bits per heavy atom. The van der Waals surface area contributed by atoms with Crippen LogP contribution in [0.25, 0.3) is 10.8 Å². The zero-order chi connectivity index (χ0) is 19.4. The fraction of sp³-hybridized carbons (Fsp3) is 0.200. The number of halogens is 1. The van der Waals surface area contributed by atoms with Crippen molar-refractivity contribution in [3.63, 3.8) is 0 Å². The summed E-state index contributed by atoms with van der Waals surface area (Å²) in [4.78, 5) is 25.1. The summed E-state index contributed by atoms with van der Waals surface area (Å²) in [5.41, 5.74) is 4.03. The second kappa shape index (κ2) is 8.14. The zero-order valence-electron chi connectivity index (χ0n) is 15.1. The van der Waals surface area contributed by atoms with Crippen molar-refractivity contribution in [1.82, 2.24) is 15.2 Å². The van der Waals surface area contributed by atoms with E-state index in [1.807, 2.05) is 19.1 Å². The summed E-state index contributed by atoms with van der Waals surface area (Å²) >= 11 is 6.03. The van der Waals surface area contributed by atoms with Gasteiger partial charge in [-0.3, -0.25) is 9.59 Å².